The first-order chi connectivity index (χ1) is 9.04. The van der Waals surface area contributed by atoms with Gasteiger partial charge in [0.05, 0.1) is 0 Å². The standard InChI is InChI=1S/C16H22O2Se/c1-5-18-16(17)13(4)11-15(12(2)3)19-14-9-7-6-8-10-14/h6-12,15H,5H2,1-4H3/b13-11-/t15-/m1/s1. The number of carbonyl (C=O) groups excluding carboxylic acids is 1. The molecule has 0 spiro atoms. The van der Waals surface area contributed by atoms with E-state index in [4.69, 9.17) is 4.74 Å². The van der Waals surface area contributed by atoms with Gasteiger partial charge in [0, 0.05) is 0 Å². The van der Waals surface area contributed by atoms with Crippen LogP contribution in [0.15, 0.2) is 42.0 Å². The van der Waals surface area contributed by atoms with Crippen LogP contribution in [0.3, 0.4) is 0 Å². The number of benzene rings is 1. The van der Waals surface area contributed by atoms with Crippen molar-refractivity contribution < 1.29 is 9.53 Å². The molecule has 0 N–H and O–H groups in total. The Labute approximate surface area is 122 Å². The van der Waals surface area contributed by atoms with Crippen LogP contribution in [0.4, 0.5) is 0 Å². The molecule has 19 heavy (non-hydrogen) atoms. The van der Waals surface area contributed by atoms with Gasteiger partial charge in [0.2, 0.25) is 0 Å². The quantitative estimate of drug-likeness (QED) is 0.457. The summed E-state index contributed by atoms with van der Waals surface area (Å²) in [6.07, 6.45) is 2.08. The first kappa shape index (κ1) is 16.0. The summed E-state index contributed by atoms with van der Waals surface area (Å²) in [5.41, 5.74) is 0.721. The molecule has 1 aromatic rings. The molecule has 0 saturated carbocycles. The van der Waals surface area contributed by atoms with E-state index >= 15 is 0 Å². The molecule has 3 heteroatoms. The molecule has 104 valence electrons. The van der Waals surface area contributed by atoms with E-state index in [1.165, 1.54) is 4.46 Å². The molecule has 0 radical (unpaired) electrons. The van der Waals surface area contributed by atoms with Crippen molar-refractivity contribution >= 4 is 25.4 Å². The van der Waals surface area contributed by atoms with Crippen molar-refractivity contribution in [2.45, 2.75) is 32.5 Å². The molecular weight excluding hydrogens is 303 g/mol. The second kappa shape index (κ2) is 8.19. The van der Waals surface area contributed by atoms with Gasteiger partial charge in [-0.3, -0.25) is 0 Å². The molecular formula is C16H22O2Se. The van der Waals surface area contributed by atoms with Gasteiger partial charge in [-0.2, -0.15) is 0 Å². The van der Waals surface area contributed by atoms with Crippen LogP contribution in [0.1, 0.15) is 27.7 Å². The molecule has 2 nitrogen and oxygen atoms in total. The van der Waals surface area contributed by atoms with Crippen LogP contribution in [0.2, 0.25) is 4.82 Å². The Morgan fingerprint density at radius 3 is 2.47 bits per heavy atom. The van der Waals surface area contributed by atoms with E-state index in [1.807, 2.05) is 19.9 Å². The summed E-state index contributed by atoms with van der Waals surface area (Å²) in [4.78, 5) is 12.1. The summed E-state index contributed by atoms with van der Waals surface area (Å²) < 4.78 is 6.40. The minimum absolute atomic E-state index is 0.197. The van der Waals surface area contributed by atoms with Crippen molar-refractivity contribution in [1.82, 2.24) is 0 Å². The number of ether oxygens (including phenoxy) is 1. The Hall–Kier alpha value is -1.05. The normalized spacial score (nSPS) is 13.4. The number of rotatable bonds is 6. The van der Waals surface area contributed by atoms with Gasteiger partial charge in [-0.15, -0.1) is 0 Å². The number of allylic oxidation sites excluding steroid dienone is 1. The first-order valence-corrected chi connectivity index (χ1v) is 8.46. The number of hydrogen-bond donors (Lipinski definition) is 0. The molecule has 1 atom stereocenters. The van der Waals surface area contributed by atoms with E-state index in [9.17, 15) is 4.79 Å². The van der Waals surface area contributed by atoms with Crippen molar-refractivity contribution in [3.8, 4) is 0 Å². The molecule has 0 aliphatic heterocycles. The molecule has 1 rings (SSSR count). The van der Waals surface area contributed by atoms with Gasteiger partial charge in [0.1, 0.15) is 0 Å². The predicted molar refractivity (Wildman–Crippen MR) is 80.8 cm³/mol. The summed E-state index contributed by atoms with van der Waals surface area (Å²) in [7, 11) is 0. The zero-order valence-electron chi connectivity index (χ0n) is 12.1. The molecule has 0 aromatic heterocycles. The van der Waals surface area contributed by atoms with Crippen LogP contribution in [0, 0.1) is 5.92 Å². The fourth-order valence-electron chi connectivity index (χ4n) is 1.58. The second-order valence-corrected chi connectivity index (χ2v) is 7.34. The summed E-state index contributed by atoms with van der Waals surface area (Å²) in [5, 5.41) is 0. The molecule has 0 aliphatic carbocycles. The SMILES string of the molecule is CCOC(=O)/C(C)=C\[C@@H]([Se]c1ccccc1)C(C)C. The van der Waals surface area contributed by atoms with Gasteiger partial charge in [-0.25, -0.2) is 0 Å². The zero-order valence-corrected chi connectivity index (χ0v) is 13.8. The Morgan fingerprint density at radius 1 is 1.32 bits per heavy atom. The van der Waals surface area contributed by atoms with Crippen LogP contribution >= 0.6 is 0 Å². The van der Waals surface area contributed by atoms with Gasteiger partial charge in [-0.05, 0) is 0 Å². The third-order valence-electron chi connectivity index (χ3n) is 2.68. The fourth-order valence-corrected chi connectivity index (χ4v) is 4.04. The predicted octanol–water partition coefficient (Wildman–Crippen LogP) is 2.97. The van der Waals surface area contributed by atoms with Crippen LogP contribution in [-0.4, -0.2) is 27.5 Å². The van der Waals surface area contributed by atoms with Crippen molar-refractivity contribution in [3.05, 3.63) is 42.0 Å². The third kappa shape index (κ3) is 5.63. The van der Waals surface area contributed by atoms with E-state index in [0.717, 1.165) is 5.57 Å². The molecule has 0 unspecified atom stereocenters. The molecule has 0 amide bonds. The van der Waals surface area contributed by atoms with Crippen molar-refractivity contribution in [3.63, 3.8) is 0 Å². The zero-order chi connectivity index (χ0) is 14.3. The maximum absolute atomic E-state index is 11.7. The molecule has 0 heterocycles. The van der Waals surface area contributed by atoms with Gasteiger partial charge < -0.3 is 0 Å². The maximum atomic E-state index is 11.7. The molecule has 0 bridgehead atoms. The van der Waals surface area contributed by atoms with E-state index in [0.29, 0.717) is 32.3 Å². The van der Waals surface area contributed by atoms with Crippen LogP contribution in [-0.2, 0) is 9.53 Å². The second-order valence-electron chi connectivity index (χ2n) is 4.71. The topological polar surface area (TPSA) is 26.3 Å². The summed E-state index contributed by atoms with van der Waals surface area (Å²) >= 11 is 0.336. The van der Waals surface area contributed by atoms with Crippen LogP contribution in [0.25, 0.3) is 0 Å². The van der Waals surface area contributed by atoms with Crippen molar-refractivity contribution in [1.29, 1.82) is 0 Å². The average molecular weight is 325 g/mol. The molecule has 1 aromatic carbocycles. The van der Waals surface area contributed by atoms with Gasteiger partial charge >= 0.3 is 122 Å². The van der Waals surface area contributed by atoms with Crippen molar-refractivity contribution in [2.75, 3.05) is 6.61 Å². The molecule has 0 aliphatic rings. The minimum atomic E-state index is -0.197. The average Bonchev–Trinajstić information content (AvgIpc) is 2.39. The Kier molecular flexibility index (Phi) is 6.90. The monoisotopic (exact) mass is 326 g/mol. The Morgan fingerprint density at radius 2 is 1.95 bits per heavy atom. The van der Waals surface area contributed by atoms with Crippen LogP contribution < -0.4 is 4.46 Å². The van der Waals surface area contributed by atoms with Gasteiger partial charge in [-0.1, -0.05) is 0 Å². The first-order valence-electron chi connectivity index (χ1n) is 6.61. The van der Waals surface area contributed by atoms with E-state index < -0.39 is 0 Å². The molecule has 0 fully saturated rings. The Bertz CT molecular complexity index is 424. The van der Waals surface area contributed by atoms with E-state index in [-0.39, 0.29) is 5.97 Å². The summed E-state index contributed by atoms with van der Waals surface area (Å²) in [6.45, 7) is 8.50. The fraction of sp³-hybridized carbons (Fsp3) is 0.438. The van der Waals surface area contributed by atoms with Crippen molar-refractivity contribution in [2.24, 2.45) is 5.92 Å². The molecule has 0 saturated heterocycles. The van der Waals surface area contributed by atoms with Gasteiger partial charge in [0.25, 0.3) is 0 Å². The number of carbonyl (C=O) groups is 1. The van der Waals surface area contributed by atoms with Gasteiger partial charge in [0.15, 0.2) is 0 Å². The third-order valence-corrected chi connectivity index (χ3v) is 5.82. The van der Waals surface area contributed by atoms with E-state index in [2.05, 4.69) is 44.2 Å². The Balaban J connectivity index is 2.78. The summed E-state index contributed by atoms with van der Waals surface area (Å²) in [5.74, 6) is 0.321. The number of esters is 1. The number of hydrogen-bond acceptors (Lipinski definition) is 2. The van der Waals surface area contributed by atoms with E-state index in [1.54, 1.807) is 0 Å². The summed E-state index contributed by atoms with van der Waals surface area (Å²) in [6, 6.07) is 10.5. The van der Waals surface area contributed by atoms with Crippen LogP contribution in [0.5, 0.6) is 0 Å².